The number of aryl methyl sites for hydroxylation is 1. The van der Waals surface area contributed by atoms with Gasteiger partial charge >= 0.3 is 0 Å². The van der Waals surface area contributed by atoms with Crippen LogP contribution in [0.15, 0.2) is 23.7 Å². The Labute approximate surface area is 143 Å². The molecule has 0 aliphatic heterocycles. The summed E-state index contributed by atoms with van der Waals surface area (Å²) in [5.74, 6) is -0.719. The number of fused-ring (bicyclic) bond motifs is 1. The van der Waals surface area contributed by atoms with E-state index in [-0.39, 0.29) is 23.9 Å². The first-order valence-corrected chi connectivity index (χ1v) is 8.84. The summed E-state index contributed by atoms with van der Waals surface area (Å²) in [7, 11) is 0. The second-order valence-corrected chi connectivity index (χ2v) is 6.61. The van der Waals surface area contributed by atoms with Crippen LogP contribution in [0.4, 0.5) is 0 Å². The summed E-state index contributed by atoms with van der Waals surface area (Å²) >= 11 is 1.66. The molecular formula is C17H19N3O3S. The maximum atomic E-state index is 12.3. The van der Waals surface area contributed by atoms with E-state index in [4.69, 9.17) is 0 Å². The van der Waals surface area contributed by atoms with Crippen LogP contribution in [0.3, 0.4) is 0 Å². The summed E-state index contributed by atoms with van der Waals surface area (Å²) in [6, 6.07) is 2.96. The molecule has 0 spiro atoms. The molecule has 0 bridgehead atoms. The fourth-order valence-electron chi connectivity index (χ4n) is 2.79. The van der Waals surface area contributed by atoms with Crippen LogP contribution in [0, 0.1) is 0 Å². The fourth-order valence-corrected chi connectivity index (χ4v) is 3.91. The van der Waals surface area contributed by atoms with Gasteiger partial charge in [-0.05, 0) is 43.4 Å². The van der Waals surface area contributed by atoms with Gasteiger partial charge in [0.15, 0.2) is 5.69 Å². The minimum atomic E-state index is -0.463. The summed E-state index contributed by atoms with van der Waals surface area (Å²) in [4.78, 5) is 29.3. The lowest BCUT2D eigenvalue weighted by atomic mass is 9.96. The zero-order chi connectivity index (χ0) is 16.9. The highest BCUT2D eigenvalue weighted by Crippen LogP contribution is 2.30. The van der Waals surface area contributed by atoms with Crippen molar-refractivity contribution in [2.75, 3.05) is 13.1 Å². The number of aromatic hydroxyl groups is 1. The number of amides is 2. The maximum Gasteiger partial charge on any atom is 0.273 e. The SMILES string of the molecule is O=C(NCCNC(=O)c1ncccc1O)c1csc2c1CCCC2. The molecule has 0 fully saturated rings. The van der Waals surface area contributed by atoms with Gasteiger partial charge in [0.05, 0.1) is 5.56 Å². The van der Waals surface area contributed by atoms with Crippen molar-refractivity contribution in [3.05, 3.63) is 45.4 Å². The molecule has 0 aromatic carbocycles. The monoisotopic (exact) mass is 345 g/mol. The molecule has 1 aliphatic rings. The van der Waals surface area contributed by atoms with Crippen LogP contribution in [-0.4, -0.2) is 35.0 Å². The van der Waals surface area contributed by atoms with Crippen molar-refractivity contribution in [2.45, 2.75) is 25.7 Å². The molecule has 0 saturated heterocycles. The van der Waals surface area contributed by atoms with E-state index in [0.717, 1.165) is 24.8 Å². The van der Waals surface area contributed by atoms with Crippen LogP contribution in [0.5, 0.6) is 5.75 Å². The molecule has 0 atom stereocenters. The Balaban J connectivity index is 1.48. The smallest absolute Gasteiger partial charge is 0.273 e. The topological polar surface area (TPSA) is 91.3 Å². The molecule has 24 heavy (non-hydrogen) atoms. The molecule has 2 aromatic rings. The number of carbonyl (C=O) groups excluding carboxylic acids is 2. The highest BCUT2D eigenvalue weighted by molar-refractivity contribution is 7.10. The van der Waals surface area contributed by atoms with E-state index in [1.807, 2.05) is 5.38 Å². The zero-order valence-electron chi connectivity index (χ0n) is 13.2. The number of nitrogens with one attached hydrogen (secondary N) is 2. The van der Waals surface area contributed by atoms with Crippen LogP contribution < -0.4 is 10.6 Å². The molecule has 6 nitrogen and oxygen atoms in total. The van der Waals surface area contributed by atoms with Crippen molar-refractivity contribution in [3.63, 3.8) is 0 Å². The highest BCUT2D eigenvalue weighted by atomic mass is 32.1. The van der Waals surface area contributed by atoms with Crippen LogP contribution in [0.1, 0.15) is 44.1 Å². The largest absolute Gasteiger partial charge is 0.505 e. The first kappa shape index (κ1) is 16.4. The third-order valence-corrected chi connectivity index (χ3v) is 5.09. The number of thiophene rings is 1. The van der Waals surface area contributed by atoms with Gasteiger partial charge in [-0.3, -0.25) is 9.59 Å². The number of rotatable bonds is 5. The number of hydrogen-bond acceptors (Lipinski definition) is 5. The predicted molar refractivity (Wildman–Crippen MR) is 91.5 cm³/mol. The molecular weight excluding hydrogens is 326 g/mol. The predicted octanol–water partition coefficient (Wildman–Crippen LogP) is 1.89. The van der Waals surface area contributed by atoms with Crippen LogP contribution in [0.2, 0.25) is 0 Å². The van der Waals surface area contributed by atoms with E-state index in [1.54, 1.807) is 17.4 Å². The maximum absolute atomic E-state index is 12.3. The molecule has 2 aromatic heterocycles. The van der Waals surface area contributed by atoms with Gasteiger partial charge in [-0.15, -0.1) is 11.3 Å². The number of hydrogen-bond donors (Lipinski definition) is 3. The van der Waals surface area contributed by atoms with Crippen molar-refractivity contribution in [1.29, 1.82) is 0 Å². The first-order valence-electron chi connectivity index (χ1n) is 7.96. The van der Waals surface area contributed by atoms with E-state index in [2.05, 4.69) is 15.6 Å². The summed E-state index contributed by atoms with van der Waals surface area (Å²) in [6.07, 6.45) is 5.80. The van der Waals surface area contributed by atoms with Gasteiger partial charge in [0.1, 0.15) is 5.75 Å². The number of nitrogens with zero attached hydrogens (tertiary/aromatic N) is 1. The van der Waals surface area contributed by atoms with Gasteiger partial charge in [0, 0.05) is 29.5 Å². The van der Waals surface area contributed by atoms with Crippen LogP contribution >= 0.6 is 11.3 Å². The second-order valence-electron chi connectivity index (χ2n) is 5.64. The Morgan fingerprint density at radius 3 is 2.71 bits per heavy atom. The van der Waals surface area contributed by atoms with Crippen molar-refractivity contribution in [3.8, 4) is 5.75 Å². The summed E-state index contributed by atoms with van der Waals surface area (Å²) in [6.45, 7) is 0.593. The highest BCUT2D eigenvalue weighted by Gasteiger charge is 2.19. The second kappa shape index (κ2) is 7.44. The molecule has 1 aliphatic carbocycles. The minimum Gasteiger partial charge on any atom is -0.505 e. The van der Waals surface area contributed by atoms with E-state index in [9.17, 15) is 14.7 Å². The van der Waals surface area contributed by atoms with Gasteiger partial charge in [0.25, 0.3) is 11.8 Å². The molecule has 3 rings (SSSR count). The molecule has 7 heteroatoms. The van der Waals surface area contributed by atoms with Gasteiger partial charge in [-0.25, -0.2) is 4.98 Å². The van der Waals surface area contributed by atoms with E-state index in [0.29, 0.717) is 6.54 Å². The molecule has 126 valence electrons. The van der Waals surface area contributed by atoms with Crippen LogP contribution in [0.25, 0.3) is 0 Å². The summed E-state index contributed by atoms with van der Waals surface area (Å²) in [5.41, 5.74) is 1.94. The average molecular weight is 345 g/mol. The van der Waals surface area contributed by atoms with E-state index >= 15 is 0 Å². The van der Waals surface area contributed by atoms with Gasteiger partial charge in [-0.1, -0.05) is 0 Å². The summed E-state index contributed by atoms with van der Waals surface area (Å²) < 4.78 is 0. The standard InChI is InChI=1S/C17H19N3O3S/c21-13-5-3-7-18-15(13)17(23)20-9-8-19-16(22)12-10-24-14-6-2-1-4-11(12)14/h3,5,7,10,21H,1-2,4,6,8-9H2,(H,19,22)(H,20,23). The third-order valence-electron chi connectivity index (χ3n) is 4.00. The quantitative estimate of drug-likeness (QED) is 0.722. The lowest BCUT2D eigenvalue weighted by molar-refractivity contribution is 0.0923. The lowest BCUT2D eigenvalue weighted by Crippen LogP contribution is -2.35. The molecule has 0 saturated carbocycles. The van der Waals surface area contributed by atoms with E-state index < -0.39 is 5.91 Å². The van der Waals surface area contributed by atoms with Crippen molar-refractivity contribution >= 4 is 23.2 Å². The Morgan fingerprint density at radius 1 is 1.17 bits per heavy atom. The number of aromatic nitrogens is 1. The normalized spacial score (nSPS) is 13.2. The lowest BCUT2D eigenvalue weighted by Gasteiger charge is -2.13. The summed E-state index contributed by atoms with van der Waals surface area (Å²) in [5, 5.41) is 17.0. The Morgan fingerprint density at radius 2 is 1.92 bits per heavy atom. The number of pyridine rings is 1. The molecule has 2 amide bonds. The van der Waals surface area contributed by atoms with Crippen LogP contribution in [-0.2, 0) is 12.8 Å². The Bertz CT molecular complexity index is 757. The van der Waals surface area contributed by atoms with Crippen molar-refractivity contribution < 1.29 is 14.7 Å². The third kappa shape index (κ3) is 3.56. The van der Waals surface area contributed by atoms with Gasteiger partial charge < -0.3 is 15.7 Å². The van der Waals surface area contributed by atoms with Gasteiger partial charge in [-0.2, -0.15) is 0 Å². The average Bonchev–Trinajstić information content (AvgIpc) is 3.03. The zero-order valence-corrected chi connectivity index (χ0v) is 14.0. The Kier molecular flexibility index (Phi) is 5.10. The molecule has 0 radical (unpaired) electrons. The fraction of sp³-hybridized carbons (Fsp3) is 0.353. The van der Waals surface area contributed by atoms with Crippen molar-refractivity contribution in [1.82, 2.24) is 15.6 Å². The van der Waals surface area contributed by atoms with Gasteiger partial charge in [0.2, 0.25) is 0 Å². The molecule has 3 N–H and O–H groups in total. The number of carbonyl (C=O) groups is 2. The Hall–Kier alpha value is -2.41. The molecule has 2 heterocycles. The van der Waals surface area contributed by atoms with Crippen molar-refractivity contribution in [2.24, 2.45) is 0 Å². The van der Waals surface area contributed by atoms with E-state index in [1.165, 1.54) is 29.1 Å². The molecule has 0 unspecified atom stereocenters. The first-order chi connectivity index (χ1) is 11.7. The minimum absolute atomic E-state index is 0.0178.